The molecule has 2 rings (SSSR count). The van der Waals surface area contributed by atoms with E-state index in [0.29, 0.717) is 11.1 Å². The number of nitrogens with one attached hydrogen (secondary N) is 3. The first-order valence-corrected chi connectivity index (χ1v) is 4.14. The first-order chi connectivity index (χ1) is 8.12. The molecule has 86 valence electrons. The number of carbonyl (C=O) groups is 2. The van der Waals surface area contributed by atoms with Crippen LogP contribution in [0, 0.1) is 10.8 Å². The van der Waals surface area contributed by atoms with Gasteiger partial charge in [0.15, 0.2) is 0 Å². The molecule has 1 heterocycles. The van der Waals surface area contributed by atoms with E-state index in [4.69, 9.17) is 20.4 Å². The van der Waals surface area contributed by atoms with E-state index in [1.54, 1.807) is 24.3 Å². The molecule has 7 nitrogen and oxygen atoms in total. The Balaban J connectivity index is 0.000000366. The fraction of sp³-hybridized carbons (Fsp3) is 0. The van der Waals surface area contributed by atoms with Gasteiger partial charge in [0.1, 0.15) is 0 Å². The maximum absolute atomic E-state index is 10.9. The molecule has 0 aromatic heterocycles. The van der Waals surface area contributed by atoms with Crippen LogP contribution < -0.4 is 5.32 Å². The average molecular weight is 233 g/mol. The zero-order chi connectivity index (χ0) is 13.3. The predicted octanol–water partition coefficient (Wildman–Crippen LogP) is 0.372. The summed E-state index contributed by atoms with van der Waals surface area (Å²) in [5, 5.41) is 13.0. The molecule has 17 heavy (non-hydrogen) atoms. The summed E-state index contributed by atoms with van der Waals surface area (Å²) >= 11 is 0. The van der Waals surface area contributed by atoms with Crippen LogP contribution >= 0.6 is 0 Å². The number of isocyanates is 2. The van der Waals surface area contributed by atoms with Crippen molar-refractivity contribution in [3.63, 3.8) is 0 Å². The van der Waals surface area contributed by atoms with Gasteiger partial charge >= 0.3 is 0 Å². The third-order valence-electron chi connectivity index (χ3n) is 1.64. The molecule has 7 heteroatoms. The second kappa shape index (κ2) is 7.42. The Bertz CT molecular complexity index is 453. The third-order valence-corrected chi connectivity index (χ3v) is 1.64. The van der Waals surface area contributed by atoms with E-state index in [2.05, 4.69) is 5.32 Å². The maximum Gasteiger partial charge on any atom is 0.258 e. The summed E-state index contributed by atoms with van der Waals surface area (Å²) in [6, 6.07) is 6.74. The lowest BCUT2D eigenvalue weighted by atomic mass is 10.1. The molecule has 0 unspecified atom stereocenters. The Labute approximate surface area is 95.5 Å². The second-order valence-corrected chi connectivity index (χ2v) is 2.53. The van der Waals surface area contributed by atoms with Crippen molar-refractivity contribution in [2.24, 2.45) is 0 Å². The molecular formula is C10H7N3O4. The lowest BCUT2D eigenvalue weighted by molar-refractivity contribution is 0.0879. The highest BCUT2D eigenvalue weighted by Crippen LogP contribution is 2.13. The highest BCUT2D eigenvalue weighted by Gasteiger charge is 2.25. The monoisotopic (exact) mass is 233 g/mol. The number of benzene rings is 1. The highest BCUT2D eigenvalue weighted by atomic mass is 16.2. The average Bonchev–Trinajstić information content (AvgIpc) is 2.58. The number of carbonyl (C=O) groups excluding carboxylic acids is 4. The number of imide groups is 1. The summed E-state index contributed by atoms with van der Waals surface area (Å²) in [6.45, 7) is 0. The first kappa shape index (κ1) is 14.1. The minimum Gasteiger partial charge on any atom is -0.288 e. The zero-order valence-corrected chi connectivity index (χ0v) is 8.44. The van der Waals surface area contributed by atoms with Crippen molar-refractivity contribution in [2.45, 2.75) is 0 Å². The van der Waals surface area contributed by atoms with Crippen LogP contribution in [0.5, 0.6) is 0 Å². The molecule has 0 fully saturated rings. The molecule has 1 aromatic rings. The molecule has 0 saturated heterocycles. The van der Waals surface area contributed by atoms with E-state index in [1.165, 1.54) is 0 Å². The molecule has 0 spiro atoms. The van der Waals surface area contributed by atoms with Gasteiger partial charge in [-0.25, -0.2) is 20.4 Å². The molecule has 0 bridgehead atoms. The molecule has 1 aliphatic heterocycles. The van der Waals surface area contributed by atoms with Crippen LogP contribution in [-0.4, -0.2) is 24.0 Å². The fourth-order valence-electron chi connectivity index (χ4n) is 1.12. The van der Waals surface area contributed by atoms with Crippen LogP contribution in [0.1, 0.15) is 20.7 Å². The molecule has 3 N–H and O–H groups in total. The van der Waals surface area contributed by atoms with Crippen LogP contribution in [0.15, 0.2) is 24.3 Å². The Morgan fingerprint density at radius 2 is 1.18 bits per heavy atom. The molecule has 1 aromatic carbocycles. The van der Waals surface area contributed by atoms with Crippen LogP contribution in [0.25, 0.3) is 0 Å². The van der Waals surface area contributed by atoms with Crippen molar-refractivity contribution < 1.29 is 19.2 Å². The molecule has 1 aliphatic rings. The molecule has 0 aliphatic carbocycles. The van der Waals surface area contributed by atoms with E-state index >= 15 is 0 Å². The standard InChI is InChI=1S/C8H5NO2.2CHNO/c10-7-5-3-1-2-4-6(5)8(11)9-7;2*2-1-3/h1-4H,(H,9,10,11);2*2H. The van der Waals surface area contributed by atoms with Gasteiger partial charge in [0.25, 0.3) is 11.8 Å². The molecular weight excluding hydrogens is 226 g/mol. The van der Waals surface area contributed by atoms with Crippen molar-refractivity contribution in [1.82, 2.24) is 5.32 Å². The van der Waals surface area contributed by atoms with Gasteiger partial charge in [0.2, 0.25) is 12.2 Å². The normalized spacial score (nSPS) is 10.4. The first-order valence-electron chi connectivity index (χ1n) is 4.14. The summed E-state index contributed by atoms with van der Waals surface area (Å²) in [5.74, 6) is -0.601. The van der Waals surface area contributed by atoms with E-state index in [9.17, 15) is 9.59 Å². The summed E-state index contributed by atoms with van der Waals surface area (Å²) in [5.41, 5.74) is 0.940. The van der Waals surface area contributed by atoms with Crippen molar-refractivity contribution in [1.29, 1.82) is 10.8 Å². The van der Waals surface area contributed by atoms with Crippen LogP contribution in [0.2, 0.25) is 0 Å². The van der Waals surface area contributed by atoms with Gasteiger partial charge < -0.3 is 0 Å². The lowest BCUT2D eigenvalue weighted by Crippen LogP contribution is -2.19. The van der Waals surface area contributed by atoms with Gasteiger partial charge in [-0.05, 0) is 12.1 Å². The van der Waals surface area contributed by atoms with Crippen LogP contribution in [-0.2, 0) is 9.59 Å². The topological polar surface area (TPSA) is 128 Å². The van der Waals surface area contributed by atoms with Gasteiger partial charge in [-0.2, -0.15) is 0 Å². The highest BCUT2D eigenvalue weighted by molar-refractivity contribution is 6.21. The van der Waals surface area contributed by atoms with Crippen molar-refractivity contribution in [3.8, 4) is 0 Å². The van der Waals surface area contributed by atoms with E-state index < -0.39 is 0 Å². The Morgan fingerprint density at radius 3 is 1.47 bits per heavy atom. The van der Waals surface area contributed by atoms with Gasteiger partial charge in [0, 0.05) is 0 Å². The number of amides is 2. The molecule has 0 saturated carbocycles. The third kappa shape index (κ3) is 4.01. The summed E-state index contributed by atoms with van der Waals surface area (Å²) in [7, 11) is 0. The number of hydrogen-bond donors (Lipinski definition) is 3. The number of fused-ring (bicyclic) bond motifs is 1. The lowest BCUT2D eigenvalue weighted by Gasteiger charge is -1.88. The van der Waals surface area contributed by atoms with E-state index in [1.807, 2.05) is 0 Å². The van der Waals surface area contributed by atoms with E-state index in [0.717, 1.165) is 12.2 Å². The van der Waals surface area contributed by atoms with Crippen molar-refractivity contribution in [3.05, 3.63) is 35.4 Å². The fourth-order valence-corrected chi connectivity index (χ4v) is 1.12. The minimum atomic E-state index is -0.300. The smallest absolute Gasteiger partial charge is 0.258 e. The number of rotatable bonds is 0. The minimum absolute atomic E-state index is 0.300. The summed E-state index contributed by atoms with van der Waals surface area (Å²) < 4.78 is 0. The van der Waals surface area contributed by atoms with Gasteiger partial charge in [-0.15, -0.1) is 0 Å². The summed E-state index contributed by atoms with van der Waals surface area (Å²) in [6.07, 6.45) is 1.50. The molecule has 0 atom stereocenters. The van der Waals surface area contributed by atoms with Crippen LogP contribution in [0.3, 0.4) is 0 Å². The maximum atomic E-state index is 10.9. The second-order valence-electron chi connectivity index (χ2n) is 2.53. The van der Waals surface area contributed by atoms with Gasteiger partial charge in [-0.1, -0.05) is 12.1 Å². The van der Waals surface area contributed by atoms with E-state index in [-0.39, 0.29) is 11.8 Å². The Hall–Kier alpha value is -2.88. The van der Waals surface area contributed by atoms with Crippen LogP contribution in [0.4, 0.5) is 0 Å². The SMILES string of the molecule is N=C=O.N=C=O.O=C1NC(=O)c2ccccc21. The van der Waals surface area contributed by atoms with Gasteiger partial charge in [0.05, 0.1) is 11.1 Å². The summed E-state index contributed by atoms with van der Waals surface area (Å²) in [4.78, 5) is 38.6. The predicted molar refractivity (Wildman–Crippen MR) is 55.1 cm³/mol. The Kier molecular flexibility index (Phi) is 6.16. The van der Waals surface area contributed by atoms with Gasteiger partial charge in [-0.3, -0.25) is 14.9 Å². The zero-order valence-electron chi connectivity index (χ0n) is 8.44. The van der Waals surface area contributed by atoms with Crippen molar-refractivity contribution in [2.75, 3.05) is 0 Å². The Morgan fingerprint density at radius 1 is 0.882 bits per heavy atom. The molecule has 0 radical (unpaired) electrons. The van der Waals surface area contributed by atoms with Crippen molar-refractivity contribution >= 4 is 24.0 Å². The molecule has 2 amide bonds. The quantitative estimate of drug-likeness (QED) is 0.339. The number of hydrogen-bond acceptors (Lipinski definition) is 6. The largest absolute Gasteiger partial charge is 0.288 e.